The first-order valence-electron chi connectivity index (χ1n) is 5.26. The molecule has 5 heteroatoms. The molecule has 0 N–H and O–H groups in total. The number of hydrogen-bond acceptors (Lipinski definition) is 2. The van der Waals surface area contributed by atoms with E-state index in [1.807, 2.05) is 12.1 Å². The number of alkyl halides is 2. The van der Waals surface area contributed by atoms with Crippen LogP contribution in [0.25, 0.3) is 0 Å². The van der Waals surface area contributed by atoms with E-state index in [4.69, 9.17) is 0 Å². The predicted molar refractivity (Wildman–Crippen MR) is 61.4 cm³/mol. The van der Waals surface area contributed by atoms with Crippen molar-refractivity contribution < 1.29 is 8.78 Å². The lowest BCUT2D eigenvalue weighted by molar-refractivity contribution is -0.0566. The van der Waals surface area contributed by atoms with Crippen molar-refractivity contribution in [3.05, 3.63) is 28.5 Å². The van der Waals surface area contributed by atoms with Gasteiger partial charge in [-0.2, -0.15) is 0 Å². The maximum Gasteiger partial charge on any atom is 0.250 e. The number of aromatic nitrogens is 1. The zero-order valence-corrected chi connectivity index (χ0v) is 10.4. The molecule has 88 valence electrons. The standard InChI is InChI=1S/C11H13BrF2N2/c12-10-7-9(1-4-15-10)8-16-5-2-11(13,14)3-6-16/h1,4,7H,2-3,5-6,8H2. The van der Waals surface area contributed by atoms with E-state index in [1.165, 1.54) is 0 Å². The Kier molecular flexibility index (Phi) is 3.54. The summed E-state index contributed by atoms with van der Waals surface area (Å²) in [5.41, 5.74) is 1.10. The van der Waals surface area contributed by atoms with Crippen molar-refractivity contribution in [1.29, 1.82) is 0 Å². The van der Waals surface area contributed by atoms with Crippen molar-refractivity contribution in [3.8, 4) is 0 Å². The second-order valence-electron chi connectivity index (χ2n) is 4.12. The van der Waals surface area contributed by atoms with E-state index in [1.54, 1.807) is 6.20 Å². The predicted octanol–water partition coefficient (Wildman–Crippen LogP) is 3.08. The van der Waals surface area contributed by atoms with Crippen molar-refractivity contribution >= 4 is 15.9 Å². The Labute approximate surface area is 102 Å². The number of nitrogens with zero attached hydrogens (tertiary/aromatic N) is 2. The lowest BCUT2D eigenvalue weighted by atomic mass is 10.1. The lowest BCUT2D eigenvalue weighted by Crippen LogP contribution is -2.38. The molecule has 0 atom stereocenters. The van der Waals surface area contributed by atoms with Crippen LogP contribution in [0.3, 0.4) is 0 Å². The van der Waals surface area contributed by atoms with Crippen LogP contribution in [0.2, 0.25) is 0 Å². The summed E-state index contributed by atoms with van der Waals surface area (Å²) in [7, 11) is 0. The molecule has 0 unspecified atom stereocenters. The third-order valence-corrected chi connectivity index (χ3v) is 3.22. The van der Waals surface area contributed by atoms with E-state index in [2.05, 4.69) is 25.8 Å². The summed E-state index contributed by atoms with van der Waals surface area (Å²) < 4.78 is 26.7. The van der Waals surface area contributed by atoms with Crippen LogP contribution in [-0.2, 0) is 6.54 Å². The minimum atomic E-state index is -2.46. The quantitative estimate of drug-likeness (QED) is 0.778. The van der Waals surface area contributed by atoms with Crippen LogP contribution in [0.4, 0.5) is 8.78 Å². The van der Waals surface area contributed by atoms with Gasteiger partial charge in [0.2, 0.25) is 0 Å². The first-order chi connectivity index (χ1) is 7.55. The molecule has 1 aliphatic rings. The molecule has 2 rings (SSSR count). The van der Waals surface area contributed by atoms with E-state index in [-0.39, 0.29) is 12.8 Å². The minimum Gasteiger partial charge on any atom is -0.299 e. The van der Waals surface area contributed by atoms with Crippen molar-refractivity contribution in [1.82, 2.24) is 9.88 Å². The van der Waals surface area contributed by atoms with Crippen molar-refractivity contribution in [2.75, 3.05) is 13.1 Å². The highest BCUT2D eigenvalue weighted by Gasteiger charge is 2.33. The molecular formula is C11H13BrF2N2. The van der Waals surface area contributed by atoms with Gasteiger partial charge in [0.25, 0.3) is 5.92 Å². The van der Waals surface area contributed by atoms with E-state index >= 15 is 0 Å². The summed E-state index contributed by atoms with van der Waals surface area (Å²) in [5.74, 6) is -2.46. The number of hydrogen-bond donors (Lipinski definition) is 0. The van der Waals surface area contributed by atoms with Crippen LogP contribution in [-0.4, -0.2) is 28.9 Å². The molecule has 0 amide bonds. The smallest absolute Gasteiger partial charge is 0.250 e. The van der Waals surface area contributed by atoms with Crippen LogP contribution in [0.1, 0.15) is 18.4 Å². The first-order valence-corrected chi connectivity index (χ1v) is 6.05. The van der Waals surface area contributed by atoms with Gasteiger partial charge < -0.3 is 0 Å². The minimum absolute atomic E-state index is 0.0285. The van der Waals surface area contributed by atoms with Gasteiger partial charge in [-0.1, -0.05) is 0 Å². The van der Waals surface area contributed by atoms with Gasteiger partial charge in [0, 0.05) is 38.7 Å². The Morgan fingerprint density at radius 3 is 2.69 bits per heavy atom. The molecule has 1 saturated heterocycles. The highest BCUT2D eigenvalue weighted by atomic mass is 79.9. The maximum atomic E-state index is 12.9. The zero-order valence-electron chi connectivity index (χ0n) is 8.80. The fourth-order valence-electron chi connectivity index (χ4n) is 1.84. The summed E-state index contributed by atoms with van der Waals surface area (Å²) in [6.45, 7) is 1.65. The molecule has 16 heavy (non-hydrogen) atoms. The van der Waals surface area contributed by atoms with Gasteiger partial charge in [0.1, 0.15) is 4.60 Å². The number of piperidine rings is 1. The highest BCUT2D eigenvalue weighted by Crippen LogP contribution is 2.28. The molecule has 2 nitrogen and oxygen atoms in total. The Bertz CT molecular complexity index is 361. The maximum absolute atomic E-state index is 12.9. The van der Waals surface area contributed by atoms with Gasteiger partial charge in [-0.05, 0) is 33.6 Å². The highest BCUT2D eigenvalue weighted by molar-refractivity contribution is 9.10. The second kappa shape index (κ2) is 4.75. The van der Waals surface area contributed by atoms with Gasteiger partial charge in [0.15, 0.2) is 0 Å². The molecule has 1 aromatic rings. The van der Waals surface area contributed by atoms with E-state index in [0.29, 0.717) is 13.1 Å². The van der Waals surface area contributed by atoms with Gasteiger partial charge in [-0.15, -0.1) is 0 Å². The third kappa shape index (κ3) is 3.22. The van der Waals surface area contributed by atoms with Gasteiger partial charge in [-0.3, -0.25) is 4.90 Å². The summed E-state index contributed by atoms with van der Waals surface area (Å²) in [6.07, 6.45) is 1.66. The topological polar surface area (TPSA) is 16.1 Å². The zero-order chi connectivity index (χ0) is 11.6. The molecule has 0 radical (unpaired) electrons. The number of pyridine rings is 1. The Morgan fingerprint density at radius 2 is 2.06 bits per heavy atom. The van der Waals surface area contributed by atoms with E-state index in [9.17, 15) is 8.78 Å². The van der Waals surface area contributed by atoms with E-state index in [0.717, 1.165) is 16.7 Å². The molecule has 1 aromatic heterocycles. The van der Waals surface area contributed by atoms with Crippen molar-refractivity contribution in [3.63, 3.8) is 0 Å². The Morgan fingerprint density at radius 1 is 1.38 bits per heavy atom. The molecule has 1 aliphatic heterocycles. The Hall–Kier alpha value is -0.550. The average Bonchev–Trinajstić information content (AvgIpc) is 2.21. The molecule has 0 spiro atoms. The first kappa shape index (κ1) is 11.9. The summed E-state index contributed by atoms with van der Waals surface area (Å²) in [5, 5.41) is 0. The summed E-state index contributed by atoms with van der Waals surface area (Å²) >= 11 is 3.30. The third-order valence-electron chi connectivity index (χ3n) is 2.78. The normalized spacial score (nSPS) is 20.9. The average molecular weight is 291 g/mol. The summed E-state index contributed by atoms with van der Waals surface area (Å²) in [6, 6.07) is 3.84. The molecule has 0 bridgehead atoms. The van der Waals surface area contributed by atoms with Gasteiger partial charge in [0.05, 0.1) is 0 Å². The van der Waals surface area contributed by atoms with Crippen molar-refractivity contribution in [2.24, 2.45) is 0 Å². The number of rotatable bonds is 2. The van der Waals surface area contributed by atoms with Gasteiger partial charge in [-0.25, -0.2) is 13.8 Å². The van der Waals surface area contributed by atoms with Crippen molar-refractivity contribution in [2.45, 2.75) is 25.3 Å². The van der Waals surface area contributed by atoms with Crippen LogP contribution in [0, 0.1) is 0 Å². The monoisotopic (exact) mass is 290 g/mol. The fraction of sp³-hybridized carbons (Fsp3) is 0.545. The number of likely N-dealkylation sites (tertiary alicyclic amines) is 1. The van der Waals surface area contributed by atoms with Crippen LogP contribution < -0.4 is 0 Å². The molecular weight excluding hydrogens is 278 g/mol. The Balaban J connectivity index is 1.92. The molecule has 0 aromatic carbocycles. The summed E-state index contributed by atoms with van der Waals surface area (Å²) in [4.78, 5) is 6.09. The fourth-order valence-corrected chi connectivity index (χ4v) is 2.25. The lowest BCUT2D eigenvalue weighted by Gasteiger charge is -2.31. The van der Waals surface area contributed by atoms with Gasteiger partial charge >= 0.3 is 0 Å². The molecule has 2 heterocycles. The SMILES string of the molecule is FC1(F)CCN(Cc2ccnc(Br)c2)CC1. The largest absolute Gasteiger partial charge is 0.299 e. The second-order valence-corrected chi connectivity index (χ2v) is 4.93. The molecule has 1 fully saturated rings. The van der Waals surface area contributed by atoms with Crippen LogP contribution in [0.15, 0.2) is 22.9 Å². The van der Waals surface area contributed by atoms with Crippen LogP contribution >= 0.6 is 15.9 Å². The van der Waals surface area contributed by atoms with Crippen LogP contribution in [0.5, 0.6) is 0 Å². The molecule has 0 aliphatic carbocycles. The van der Waals surface area contributed by atoms with E-state index < -0.39 is 5.92 Å². The molecule has 0 saturated carbocycles. The number of halogens is 3.